The summed E-state index contributed by atoms with van der Waals surface area (Å²) in [6.07, 6.45) is 2.38. The summed E-state index contributed by atoms with van der Waals surface area (Å²) in [7, 11) is 0. The van der Waals surface area contributed by atoms with E-state index in [1.807, 2.05) is 42.6 Å². The van der Waals surface area contributed by atoms with E-state index in [1.54, 1.807) is 17.0 Å². The molecule has 2 heterocycles. The van der Waals surface area contributed by atoms with E-state index in [2.05, 4.69) is 10.3 Å². The number of fused-ring (bicyclic) bond motifs is 1. The number of hydrogen-bond acceptors (Lipinski definition) is 2. The van der Waals surface area contributed by atoms with Crippen LogP contribution in [0, 0.1) is 0 Å². The van der Waals surface area contributed by atoms with Gasteiger partial charge < -0.3 is 15.2 Å². The molecule has 26 heavy (non-hydrogen) atoms. The zero-order valence-electron chi connectivity index (χ0n) is 14.0. The normalized spacial score (nSPS) is 17.6. The monoisotopic (exact) mass is 367 g/mol. The van der Waals surface area contributed by atoms with E-state index in [1.165, 1.54) is 0 Å². The number of para-hydroxylation sites is 1. The molecule has 0 aliphatic carbocycles. The number of piperazine rings is 1. The summed E-state index contributed by atoms with van der Waals surface area (Å²) in [5, 5.41) is 4.42. The second kappa shape index (κ2) is 6.84. The van der Waals surface area contributed by atoms with Crippen molar-refractivity contribution in [3.05, 3.63) is 70.9 Å². The van der Waals surface area contributed by atoms with Gasteiger partial charge in [0, 0.05) is 35.1 Å². The Labute approximate surface area is 155 Å². The molecule has 0 radical (unpaired) electrons. The maximum atomic E-state index is 12.5. The van der Waals surface area contributed by atoms with E-state index in [9.17, 15) is 9.59 Å². The predicted molar refractivity (Wildman–Crippen MR) is 101 cm³/mol. The fraction of sp³-hybridized carbons (Fsp3) is 0.200. The lowest BCUT2D eigenvalue weighted by Gasteiger charge is -2.35. The quantitative estimate of drug-likeness (QED) is 0.744. The van der Waals surface area contributed by atoms with Crippen LogP contribution < -0.4 is 5.32 Å². The van der Waals surface area contributed by atoms with Gasteiger partial charge >= 0.3 is 0 Å². The van der Waals surface area contributed by atoms with E-state index in [0.29, 0.717) is 18.0 Å². The summed E-state index contributed by atoms with van der Waals surface area (Å²) in [6.45, 7) is 0.424. The van der Waals surface area contributed by atoms with E-state index in [4.69, 9.17) is 11.6 Å². The number of benzene rings is 2. The number of hydrogen-bond donors (Lipinski definition) is 2. The number of carbonyl (C=O) groups is 2. The van der Waals surface area contributed by atoms with Gasteiger partial charge in [-0.3, -0.25) is 9.59 Å². The van der Waals surface area contributed by atoms with Gasteiger partial charge in [-0.15, -0.1) is 0 Å². The van der Waals surface area contributed by atoms with Crippen LogP contribution in [0.25, 0.3) is 10.9 Å². The predicted octanol–water partition coefficient (Wildman–Crippen LogP) is 2.89. The van der Waals surface area contributed by atoms with Crippen LogP contribution in [0.5, 0.6) is 0 Å². The number of aromatic nitrogens is 1. The van der Waals surface area contributed by atoms with E-state index in [0.717, 1.165) is 22.0 Å². The minimum Gasteiger partial charge on any atom is -0.361 e. The first-order valence-electron chi connectivity index (χ1n) is 8.48. The van der Waals surface area contributed by atoms with Gasteiger partial charge in [0.15, 0.2) is 0 Å². The van der Waals surface area contributed by atoms with Crippen molar-refractivity contribution in [2.75, 3.05) is 6.54 Å². The maximum absolute atomic E-state index is 12.5. The van der Waals surface area contributed by atoms with Crippen molar-refractivity contribution < 1.29 is 9.59 Å². The number of aromatic amines is 1. The zero-order valence-corrected chi connectivity index (χ0v) is 14.8. The van der Waals surface area contributed by atoms with Gasteiger partial charge in [-0.05, 0) is 29.3 Å². The molecule has 1 fully saturated rings. The van der Waals surface area contributed by atoms with Gasteiger partial charge in [0.2, 0.25) is 11.8 Å². The molecule has 1 atom stereocenters. The fourth-order valence-corrected chi connectivity index (χ4v) is 3.52. The van der Waals surface area contributed by atoms with Crippen LogP contribution in [0.1, 0.15) is 11.1 Å². The topological polar surface area (TPSA) is 65.2 Å². The lowest BCUT2D eigenvalue weighted by molar-refractivity contribution is -0.146. The average molecular weight is 368 g/mol. The Morgan fingerprint density at radius 3 is 2.65 bits per heavy atom. The molecule has 1 aliphatic rings. The van der Waals surface area contributed by atoms with Crippen LogP contribution in [0.4, 0.5) is 0 Å². The van der Waals surface area contributed by atoms with Crippen LogP contribution in [-0.4, -0.2) is 34.3 Å². The third kappa shape index (κ3) is 3.18. The Kier molecular flexibility index (Phi) is 4.39. The number of nitrogens with zero attached hydrogens (tertiary/aromatic N) is 1. The second-order valence-corrected chi connectivity index (χ2v) is 6.88. The molecule has 4 rings (SSSR count). The SMILES string of the molecule is O=C1NCC(=O)N(Cc2ccc(Cl)cc2)[C@@H]1Cc1c[nH]c2ccccc12. The number of rotatable bonds is 4. The first-order chi connectivity index (χ1) is 12.6. The molecule has 2 N–H and O–H groups in total. The van der Waals surface area contributed by atoms with Gasteiger partial charge in [-0.25, -0.2) is 0 Å². The maximum Gasteiger partial charge on any atom is 0.243 e. The molecule has 132 valence electrons. The standard InChI is InChI=1S/C20H18ClN3O2/c21-15-7-5-13(6-8-15)12-24-18(20(26)23-11-19(24)25)9-14-10-22-17-4-2-1-3-16(14)17/h1-8,10,18,22H,9,11-12H2,(H,23,26)/t18-/m1/s1. The summed E-state index contributed by atoms with van der Waals surface area (Å²) in [5.41, 5.74) is 2.99. The Morgan fingerprint density at radius 1 is 1.08 bits per heavy atom. The van der Waals surface area contributed by atoms with Crippen molar-refractivity contribution in [1.82, 2.24) is 15.2 Å². The van der Waals surface area contributed by atoms with Crippen molar-refractivity contribution in [3.8, 4) is 0 Å². The minimum absolute atomic E-state index is 0.0385. The summed E-state index contributed by atoms with van der Waals surface area (Å²) < 4.78 is 0. The molecule has 2 amide bonds. The van der Waals surface area contributed by atoms with Gasteiger partial charge in [0.05, 0.1) is 6.54 Å². The molecule has 1 aromatic heterocycles. The van der Waals surface area contributed by atoms with Crippen LogP contribution >= 0.6 is 11.6 Å². The Morgan fingerprint density at radius 2 is 1.85 bits per heavy atom. The van der Waals surface area contributed by atoms with Crippen LogP contribution in [0.3, 0.4) is 0 Å². The van der Waals surface area contributed by atoms with Gasteiger partial charge in [-0.1, -0.05) is 41.9 Å². The smallest absolute Gasteiger partial charge is 0.243 e. The molecule has 2 aromatic carbocycles. The molecule has 3 aromatic rings. The molecule has 0 unspecified atom stereocenters. The highest BCUT2D eigenvalue weighted by Gasteiger charge is 2.34. The highest BCUT2D eigenvalue weighted by atomic mass is 35.5. The van der Waals surface area contributed by atoms with Crippen LogP contribution in [0.2, 0.25) is 5.02 Å². The molecular formula is C20H18ClN3O2. The lowest BCUT2D eigenvalue weighted by Crippen LogP contribution is -2.58. The first kappa shape index (κ1) is 16.7. The zero-order chi connectivity index (χ0) is 18.1. The van der Waals surface area contributed by atoms with Gasteiger partial charge in [0.1, 0.15) is 6.04 Å². The molecule has 1 aliphatic heterocycles. The van der Waals surface area contributed by atoms with Crippen LogP contribution in [0.15, 0.2) is 54.7 Å². The fourth-order valence-electron chi connectivity index (χ4n) is 3.39. The summed E-state index contributed by atoms with van der Waals surface area (Å²) >= 11 is 5.94. The molecule has 6 heteroatoms. The van der Waals surface area contributed by atoms with Crippen molar-refractivity contribution in [1.29, 1.82) is 0 Å². The Balaban J connectivity index is 1.63. The number of H-pyrrole nitrogens is 1. The van der Waals surface area contributed by atoms with Crippen molar-refractivity contribution in [2.45, 2.75) is 19.0 Å². The highest BCUT2D eigenvalue weighted by Crippen LogP contribution is 2.23. The van der Waals surface area contributed by atoms with Crippen molar-refractivity contribution in [2.24, 2.45) is 0 Å². The molecule has 0 bridgehead atoms. The highest BCUT2D eigenvalue weighted by molar-refractivity contribution is 6.30. The number of nitrogens with one attached hydrogen (secondary N) is 2. The van der Waals surface area contributed by atoms with Crippen molar-refractivity contribution >= 4 is 34.3 Å². The lowest BCUT2D eigenvalue weighted by atomic mass is 10.0. The third-order valence-corrected chi connectivity index (χ3v) is 5.02. The largest absolute Gasteiger partial charge is 0.361 e. The average Bonchev–Trinajstić information content (AvgIpc) is 3.06. The molecular weight excluding hydrogens is 350 g/mol. The van der Waals surface area contributed by atoms with Gasteiger partial charge in [-0.2, -0.15) is 0 Å². The van der Waals surface area contributed by atoms with E-state index < -0.39 is 6.04 Å². The molecule has 0 saturated carbocycles. The molecule has 1 saturated heterocycles. The minimum atomic E-state index is -0.536. The molecule has 5 nitrogen and oxygen atoms in total. The number of carbonyl (C=O) groups excluding carboxylic acids is 2. The number of amides is 2. The van der Waals surface area contributed by atoms with E-state index >= 15 is 0 Å². The second-order valence-electron chi connectivity index (χ2n) is 6.45. The molecule has 0 spiro atoms. The number of halogens is 1. The van der Waals surface area contributed by atoms with Crippen LogP contribution in [-0.2, 0) is 22.6 Å². The Bertz CT molecular complexity index is 965. The van der Waals surface area contributed by atoms with Crippen molar-refractivity contribution in [3.63, 3.8) is 0 Å². The summed E-state index contributed by atoms with van der Waals surface area (Å²) in [6, 6.07) is 14.8. The third-order valence-electron chi connectivity index (χ3n) is 4.77. The summed E-state index contributed by atoms with van der Waals surface area (Å²) in [4.78, 5) is 29.9. The first-order valence-corrected chi connectivity index (χ1v) is 8.86. The van der Waals surface area contributed by atoms with Gasteiger partial charge in [0.25, 0.3) is 0 Å². The van der Waals surface area contributed by atoms with E-state index in [-0.39, 0.29) is 18.4 Å². The summed E-state index contributed by atoms with van der Waals surface area (Å²) in [5.74, 6) is -0.201. The Hall–Kier alpha value is -2.79.